The van der Waals surface area contributed by atoms with E-state index in [4.69, 9.17) is 9.84 Å². The lowest BCUT2D eigenvalue weighted by molar-refractivity contribution is -0.131. The Kier molecular flexibility index (Phi) is 7.62. The number of carboxylic acids is 1. The summed E-state index contributed by atoms with van der Waals surface area (Å²) in [6.45, 7) is 8.42. The highest BCUT2D eigenvalue weighted by atomic mass is 16.5. The summed E-state index contributed by atoms with van der Waals surface area (Å²) in [6.07, 6.45) is 2.74. The minimum Gasteiger partial charge on any atom is -0.478 e. The van der Waals surface area contributed by atoms with Crippen molar-refractivity contribution in [1.29, 1.82) is 0 Å². The topological polar surface area (TPSA) is 49.8 Å². The van der Waals surface area contributed by atoms with E-state index in [1.807, 2.05) is 31.2 Å². The number of hydrogen-bond donors (Lipinski definition) is 1. The van der Waals surface area contributed by atoms with E-state index < -0.39 is 5.97 Å². The molecule has 0 unspecified atom stereocenters. The summed E-state index contributed by atoms with van der Waals surface area (Å²) in [4.78, 5) is 12.8. The average molecular weight is 277 g/mol. The van der Waals surface area contributed by atoms with E-state index in [9.17, 15) is 4.79 Å². The zero-order valence-electron chi connectivity index (χ0n) is 12.2. The molecule has 110 valence electrons. The summed E-state index contributed by atoms with van der Waals surface area (Å²) >= 11 is 0. The van der Waals surface area contributed by atoms with Crippen LogP contribution in [0, 0.1) is 0 Å². The molecule has 0 aromatic heterocycles. The van der Waals surface area contributed by atoms with Gasteiger partial charge in [0.25, 0.3) is 0 Å². The highest BCUT2D eigenvalue weighted by Gasteiger charge is 2.03. The Bertz CT molecular complexity index is 426. The Labute approximate surface area is 120 Å². The second-order valence-corrected chi connectivity index (χ2v) is 4.48. The predicted molar refractivity (Wildman–Crippen MR) is 80.6 cm³/mol. The van der Waals surface area contributed by atoms with Crippen molar-refractivity contribution >= 4 is 12.0 Å². The Balaban J connectivity index is 2.52. The third-order valence-electron chi connectivity index (χ3n) is 3.01. The molecular weight excluding hydrogens is 254 g/mol. The van der Waals surface area contributed by atoms with Crippen molar-refractivity contribution < 1.29 is 14.6 Å². The van der Waals surface area contributed by atoms with E-state index in [0.717, 1.165) is 44.5 Å². The Morgan fingerprint density at radius 1 is 1.30 bits per heavy atom. The van der Waals surface area contributed by atoms with Gasteiger partial charge in [-0.3, -0.25) is 4.90 Å². The van der Waals surface area contributed by atoms with Gasteiger partial charge in [0.15, 0.2) is 0 Å². The smallest absolute Gasteiger partial charge is 0.328 e. The first-order chi connectivity index (χ1) is 9.65. The molecule has 0 aliphatic heterocycles. The zero-order valence-corrected chi connectivity index (χ0v) is 12.2. The normalized spacial score (nSPS) is 11.3. The summed E-state index contributed by atoms with van der Waals surface area (Å²) in [7, 11) is 0. The minimum absolute atomic E-state index is 0.752. The van der Waals surface area contributed by atoms with Gasteiger partial charge in [-0.1, -0.05) is 31.2 Å². The molecule has 1 aromatic rings. The van der Waals surface area contributed by atoms with Crippen molar-refractivity contribution in [2.24, 2.45) is 0 Å². The fourth-order valence-electron chi connectivity index (χ4n) is 1.85. The van der Waals surface area contributed by atoms with E-state index in [1.165, 1.54) is 5.56 Å². The van der Waals surface area contributed by atoms with E-state index in [1.54, 1.807) is 6.08 Å². The number of ether oxygens (including phenoxy) is 1. The highest BCUT2D eigenvalue weighted by molar-refractivity contribution is 5.85. The summed E-state index contributed by atoms with van der Waals surface area (Å²) < 4.78 is 5.37. The van der Waals surface area contributed by atoms with Crippen LogP contribution < -0.4 is 0 Å². The van der Waals surface area contributed by atoms with Crippen molar-refractivity contribution in [2.45, 2.75) is 20.4 Å². The second kappa shape index (κ2) is 9.28. The molecule has 0 aliphatic carbocycles. The molecule has 0 amide bonds. The molecule has 0 saturated carbocycles. The van der Waals surface area contributed by atoms with Gasteiger partial charge in [0.05, 0.1) is 6.61 Å². The largest absolute Gasteiger partial charge is 0.478 e. The highest BCUT2D eigenvalue weighted by Crippen LogP contribution is 2.09. The van der Waals surface area contributed by atoms with Gasteiger partial charge >= 0.3 is 5.97 Å². The van der Waals surface area contributed by atoms with Crippen LogP contribution in [-0.2, 0) is 16.1 Å². The summed E-state index contributed by atoms with van der Waals surface area (Å²) in [5.41, 5.74) is 2.12. The first-order valence-corrected chi connectivity index (χ1v) is 6.95. The first kappa shape index (κ1) is 16.4. The van der Waals surface area contributed by atoms with Crippen LogP contribution in [0.3, 0.4) is 0 Å². The zero-order chi connectivity index (χ0) is 14.8. The maximum atomic E-state index is 10.4. The molecule has 0 aliphatic rings. The molecule has 4 nitrogen and oxygen atoms in total. The van der Waals surface area contributed by atoms with Crippen LogP contribution in [0.2, 0.25) is 0 Å². The molecule has 0 saturated heterocycles. The summed E-state index contributed by atoms with van der Waals surface area (Å²) in [6, 6.07) is 7.94. The van der Waals surface area contributed by atoms with Crippen molar-refractivity contribution in [3.63, 3.8) is 0 Å². The SMILES string of the molecule is CCOCCN(CC)Cc1ccc(C=CC(=O)O)cc1. The second-order valence-electron chi connectivity index (χ2n) is 4.48. The van der Waals surface area contributed by atoms with Gasteiger partial charge in [-0.25, -0.2) is 4.79 Å². The average Bonchev–Trinajstić information content (AvgIpc) is 2.45. The first-order valence-electron chi connectivity index (χ1n) is 6.95. The van der Waals surface area contributed by atoms with E-state index >= 15 is 0 Å². The molecule has 0 bridgehead atoms. The van der Waals surface area contributed by atoms with Crippen molar-refractivity contribution in [1.82, 2.24) is 4.90 Å². The van der Waals surface area contributed by atoms with Crippen LogP contribution in [0.15, 0.2) is 30.3 Å². The number of carbonyl (C=O) groups is 1. The lowest BCUT2D eigenvalue weighted by Gasteiger charge is -2.20. The fraction of sp³-hybridized carbons (Fsp3) is 0.438. The lowest BCUT2D eigenvalue weighted by atomic mass is 10.1. The van der Waals surface area contributed by atoms with Gasteiger partial charge in [0, 0.05) is 25.8 Å². The number of likely N-dealkylation sites (N-methyl/N-ethyl adjacent to an activating group) is 1. The third-order valence-corrected chi connectivity index (χ3v) is 3.01. The van der Waals surface area contributed by atoms with Crippen molar-refractivity contribution in [2.75, 3.05) is 26.3 Å². The van der Waals surface area contributed by atoms with Gasteiger partial charge in [-0.2, -0.15) is 0 Å². The minimum atomic E-state index is -0.929. The molecule has 1 N–H and O–H groups in total. The molecule has 0 radical (unpaired) electrons. The summed E-state index contributed by atoms with van der Waals surface area (Å²) in [5, 5.41) is 8.58. The number of carboxylic acid groups (broad SMARTS) is 1. The monoisotopic (exact) mass is 277 g/mol. The molecule has 0 heterocycles. The van der Waals surface area contributed by atoms with E-state index in [0.29, 0.717) is 0 Å². The van der Waals surface area contributed by atoms with Gasteiger partial charge in [-0.15, -0.1) is 0 Å². The number of rotatable bonds is 9. The molecule has 0 atom stereocenters. The van der Waals surface area contributed by atoms with E-state index in [-0.39, 0.29) is 0 Å². The number of nitrogens with zero attached hydrogens (tertiary/aromatic N) is 1. The number of benzene rings is 1. The molecule has 1 rings (SSSR count). The quantitative estimate of drug-likeness (QED) is 0.557. The molecule has 1 aromatic carbocycles. The van der Waals surface area contributed by atoms with Crippen LogP contribution in [0.5, 0.6) is 0 Å². The van der Waals surface area contributed by atoms with Crippen LogP contribution in [0.1, 0.15) is 25.0 Å². The van der Waals surface area contributed by atoms with Gasteiger partial charge in [0.2, 0.25) is 0 Å². The molecule has 0 spiro atoms. The maximum Gasteiger partial charge on any atom is 0.328 e. The molecular formula is C16H23NO3. The summed E-state index contributed by atoms with van der Waals surface area (Å²) in [5.74, 6) is -0.929. The Morgan fingerprint density at radius 2 is 2.00 bits per heavy atom. The van der Waals surface area contributed by atoms with Crippen LogP contribution in [-0.4, -0.2) is 42.3 Å². The van der Waals surface area contributed by atoms with Gasteiger partial charge in [0.1, 0.15) is 0 Å². The maximum absolute atomic E-state index is 10.4. The number of hydrogen-bond acceptors (Lipinski definition) is 3. The van der Waals surface area contributed by atoms with Crippen molar-refractivity contribution in [3.05, 3.63) is 41.5 Å². The van der Waals surface area contributed by atoms with Crippen LogP contribution in [0.25, 0.3) is 6.08 Å². The van der Waals surface area contributed by atoms with Gasteiger partial charge in [-0.05, 0) is 30.7 Å². The predicted octanol–water partition coefficient (Wildman–Crippen LogP) is 2.64. The lowest BCUT2D eigenvalue weighted by Crippen LogP contribution is -2.27. The van der Waals surface area contributed by atoms with Crippen LogP contribution >= 0.6 is 0 Å². The Morgan fingerprint density at radius 3 is 2.55 bits per heavy atom. The third kappa shape index (κ3) is 6.50. The molecule has 0 fully saturated rings. The standard InChI is InChI=1S/C16H23NO3/c1-3-17(11-12-20-4-2)13-15-7-5-14(6-8-15)9-10-16(18)19/h5-10H,3-4,11-13H2,1-2H3,(H,18,19). The van der Waals surface area contributed by atoms with Crippen molar-refractivity contribution in [3.8, 4) is 0 Å². The fourth-order valence-corrected chi connectivity index (χ4v) is 1.85. The van der Waals surface area contributed by atoms with Gasteiger partial charge < -0.3 is 9.84 Å². The van der Waals surface area contributed by atoms with Crippen LogP contribution in [0.4, 0.5) is 0 Å². The number of aliphatic carboxylic acids is 1. The molecule has 20 heavy (non-hydrogen) atoms. The Hall–Kier alpha value is -1.65. The molecule has 4 heteroatoms. The van der Waals surface area contributed by atoms with E-state index in [2.05, 4.69) is 11.8 Å².